The van der Waals surface area contributed by atoms with Crippen molar-refractivity contribution in [1.29, 1.82) is 0 Å². The van der Waals surface area contributed by atoms with Gasteiger partial charge in [0.1, 0.15) is 11.5 Å². The van der Waals surface area contributed by atoms with E-state index in [0.29, 0.717) is 17.8 Å². The van der Waals surface area contributed by atoms with Gasteiger partial charge in [-0.15, -0.1) is 0 Å². The molecule has 2 aromatic heterocycles. The van der Waals surface area contributed by atoms with Crippen LogP contribution >= 0.6 is 0 Å². The number of aromatic amines is 2. The van der Waals surface area contributed by atoms with Gasteiger partial charge in [0.15, 0.2) is 5.82 Å². The molecule has 138 valence electrons. The number of carbonyl (C=O) groups excluding carboxylic acids is 1. The van der Waals surface area contributed by atoms with E-state index in [-0.39, 0.29) is 11.8 Å². The van der Waals surface area contributed by atoms with Crippen molar-refractivity contribution in [3.63, 3.8) is 0 Å². The van der Waals surface area contributed by atoms with Crippen molar-refractivity contribution in [3.05, 3.63) is 35.2 Å². The predicted molar refractivity (Wildman–Crippen MR) is 98.1 cm³/mol. The zero-order valence-electron chi connectivity index (χ0n) is 15.5. The van der Waals surface area contributed by atoms with Crippen molar-refractivity contribution < 1.29 is 4.79 Å². The average molecular weight is 353 g/mol. The van der Waals surface area contributed by atoms with Gasteiger partial charge in [-0.25, -0.2) is 4.98 Å². The van der Waals surface area contributed by atoms with E-state index in [9.17, 15) is 4.79 Å². The summed E-state index contributed by atoms with van der Waals surface area (Å²) in [5.41, 5.74) is 2.02. The lowest BCUT2D eigenvalue weighted by Gasteiger charge is -2.16. The molecule has 2 saturated carbocycles. The summed E-state index contributed by atoms with van der Waals surface area (Å²) >= 11 is 0. The summed E-state index contributed by atoms with van der Waals surface area (Å²) in [4.78, 5) is 23.2. The molecule has 1 amide bonds. The van der Waals surface area contributed by atoms with Crippen molar-refractivity contribution in [2.75, 3.05) is 13.1 Å². The number of carbonyl (C=O) groups is 1. The summed E-state index contributed by atoms with van der Waals surface area (Å²) < 4.78 is 0. The molecule has 0 spiro atoms. The molecular formula is C20H27N5O. The van der Waals surface area contributed by atoms with E-state index in [4.69, 9.17) is 4.98 Å². The number of rotatable bonds is 5. The van der Waals surface area contributed by atoms with Crippen molar-refractivity contribution in [3.8, 4) is 0 Å². The van der Waals surface area contributed by atoms with Gasteiger partial charge in [-0.3, -0.25) is 9.89 Å². The first-order valence-electron chi connectivity index (χ1n) is 10.0. The summed E-state index contributed by atoms with van der Waals surface area (Å²) in [7, 11) is 0. The number of hydrogen-bond acceptors (Lipinski definition) is 3. The summed E-state index contributed by atoms with van der Waals surface area (Å²) in [5.74, 6) is 4.43. The van der Waals surface area contributed by atoms with Gasteiger partial charge in [-0.1, -0.05) is 13.8 Å². The fourth-order valence-electron chi connectivity index (χ4n) is 4.46. The Bertz CT molecular complexity index is 814. The molecule has 0 unspecified atom stereocenters. The molecule has 0 aromatic carbocycles. The van der Waals surface area contributed by atoms with Crippen LogP contribution in [0.4, 0.5) is 0 Å². The number of hydrogen-bond donors (Lipinski definition) is 2. The van der Waals surface area contributed by atoms with Gasteiger partial charge in [0.05, 0.1) is 0 Å². The molecule has 3 aliphatic rings. The number of amides is 1. The minimum atomic E-state index is 0.161. The van der Waals surface area contributed by atoms with Gasteiger partial charge in [-0.2, -0.15) is 5.10 Å². The van der Waals surface area contributed by atoms with E-state index in [0.717, 1.165) is 36.4 Å². The standard InChI is InChI=1S/C20H27N5O/c1-11(2)18-22-19(24-23-18)16-10-25(9-15(16)13-5-6-13)20(26)17-14(7-8-21-17)12-3-4-12/h7-8,11-13,15-16,21H,3-6,9-10H2,1-2H3,(H,22,23,24)/t15-,16+/m1/s1. The Balaban J connectivity index is 1.39. The van der Waals surface area contributed by atoms with Gasteiger partial charge < -0.3 is 9.88 Å². The zero-order chi connectivity index (χ0) is 17.8. The monoisotopic (exact) mass is 353 g/mol. The predicted octanol–water partition coefficient (Wildman–Crippen LogP) is 3.40. The van der Waals surface area contributed by atoms with Crippen LogP contribution in [0.3, 0.4) is 0 Å². The molecule has 2 aliphatic carbocycles. The third-order valence-corrected chi connectivity index (χ3v) is 6.28. The molecule has 6 nitrogen and oxygen atoms in total. The molecule has 5 rings (SSSR count). The molecule has 2 N–H and O–H groups in total. The maximum absolute atomic E-state index is 13.2. The molecule has 1 aliphatic heterocycles. The molecule has 0 radical (unpaired) electrons. The zero-order valence-corrected chi connectivity index (χ0v) is 15.5. The third kappa shape index (κ3) is 2.75. The molecule has 26 heavy (non-hydrogen) atoms. The lowest BCUT2D eigenvalue weighted by atomic mass is 9.91. The Labute approximate surface area is 153 Å². The Kier molecular flexibility index (Phi) is 3.69. The van der Waals surface area contributed by atoms with Crippen LogP contribution in [0.15, 0.2) is 12.3 Å². The van der Waals surface area contributed by atoms with E-state index in [2.05, 4.69) is 35.1 Å². The maximum atomic E-state index is 13.2. The lowest BCUT2D eigenvalue weighted by molar-refractivity contribution is 0.0778. The highest BCUT2D eigenvalue weighted by atomic mass is 16.2. The van der Waals surface area contributed by atoms with Crippen LogP contribution in [0.1, 0.15) is 85.0 Å². The van der Waals surface area contributed by atoms with Crippen LogP contribution in [-0.4, -0.2) is 44.1 Å². The van der Waals surface area contributed by atoms with Crippen LogP contribution in [0.5, 0.6) is 0 Å². The minimum Gasteiger partial charge on any atom is -0.357 e. The Hall–Kier alpha value is -2.11. The Morgan fingerprint density at radius 2 is 2.04 bits per heavy atom. The number of nitrogens with one attached hydrogen (secondary N) is 2. The molecule has 3 heterocycles. The largest absolute Gasteiger partial charge is 0.357 e. The quantitative estimate of drug-likeness (QED) is 0.865. The molecular weight excluding hydrogens is 326 g/mol. The van der Waals surface area contributed by atoms with E-state index < -0.39 is 0 Å². The third-order valence-electron chi connectivity index (χ3n) is 6.28. The second-order valence-corrected chi connectivity index (χ2v) is 8.63. The van der Waals surface area contributed by atoms with Gasteiger partial charge >= 0.3 is 0 Å². The van der Waals surface area contributed by atoms with Crippen LogP contribution in [0, 0.1) is 11.8 Å². The van der Waals surface area contributed by atoms with Crippen LogP contribution in [-0.2, 0) is 0 Å². The number of likely N-dealkylation sites (tertiary alicyclic amines) is 1. The molecule has 2 atom stereocenters. The summed E-state index contributed by atoms with van der Waals surface area (Å²) in [5, 5.41) is 7.56. The first kappa shape index (κ1) is 16.1. The van der Waals surface area contributed by atoms with Gasteiger partial charge in [-0.05, 0) is 55.1 Å². The van der Waals surface area contributed by atoms with Crippen LogP contribution in [0.25, 0.3) is 0 Å². The number of aromatic nitrogens is 4. The molecule has 2 aromatic rings. The van der Waals surface area contributed by atoms with Crippen LogP contribution < -0.4 is 0 Å². The molecule has 3 fully saturated rings. The first-order chi connectivity index (χ1) is 12.6. The smallest absolute Gasteiger partial charge is 0.270 e. The highest BCUT2D eigenvalue weighted by molar-refractivity contribution is 5.94. The van der Waals surface area contributed by atoms with E-state index in [1.165, 1.54) is 31.2 Å². The molecule has 0 bridgehead atoms. The second kappa shape index (κ2) is 5.96. The van der Waals surface area contributed by atoms with Gasteiger partial charge in [0, 0.05) is 31.1 Å². The number of H-pyrrole nitrogens is 2. The summed E-state index contributed by atoms with van der Waals surface area (Å²) in [6, 6.07) is 2.09. The summed E-state index contributed by atoms with van der Waals surface area (Å²) in [6.07, 6.45) is 6.90. The van der Waals surface area contributed by atoms with Gasteiger partial charge in [0.2, 0.25) is 0 Å². The highest BCUT2D eigenvalue weighted by Crippen LogP contribution is 2.48. The highest BCUT2D eigenvalue weighted by Gasteiger charge is 2.46. The molecule has 1 saturated heterocycles. The molecule has 6 heteroatoms. The van der Waals surface area contributed by atoms with E-state index in [1.54, 1.807) is 0 Å². The van der Waals surface area contributed by atoms with Crippen molar-refractivity contribution in [2.24, 2.45) is 11.8 Å². The SMILES string of the molecule is CC(C)c1n[nH]c([C@H]2CN(C(=O)c3[nH]ccc3C3CC3)C[C@@H]2C2CC2)n1. The first-order valence-corrected chi connectivity index (χ1v) is 10.0. The Morgan fingerprint density at radius 3 is 2.69 bits per heavy atom. The van der Waals surface area contributed by atoms with Crippen molar-refractivity contribution >= 4 is 5.91 Å². The second-order valence-electron chi connectivity index (χ2n) is 8.63. The fourth-order valence-corrected chi connectivity index (χ4v) is 4.46. The van der Waals surface area contributed by atoms with Gasteiger partial charge in [0.25, 0.3) is 5.91 Å². The topological polar surface area (TPSA) is 77.7 Å². The Morgan fingerprint density at radius 1 is 1.23 bits per heavy atom. The fraction of sp³-hybridized carbons (Fsp3) is 0.650. The van der Waals surface area contributed by atoms with Crippen molar-refractivity contribution in [1.82, 2.24) is 25.1 Å². The lowest BCUT2D eigenvalue weighted by Crippen LogP contribution is -2.30. The minimum absolute atomic E-state index is 0.161. The van der Waals surface area contributed by atoms with E-state index >= 15 is 0 Å². The average Bonchev–Trinajstić information content (AvgIpc) is 3.50. The van der Waals surface area contributed by atoms with E-state index in [1.807, 2.05) is 11.1 Å². The van der Waals surface area contributed by atoms with Crippen LogP contribution in [0.2, 0.25) is 0 Å². The van der Waals surface area contributed by atoms with Crippen molar-refractivity contribution in [2.45, 2.75) is 57.3 Å². The normalized spacial score (nSPS) is 26.0. The summed E-state index contributed by atoms with van der Waals surface area (Å²) in [6.45, 7) is 5.81. The number of nitrogens with zero attached hydrogens (tertiary/aromatic N) is 3. The maximum Gasteiger partial charge on any atom is 0.270 e.